The molecule has 0 amide bonds. The molecule has 0 unspecified atom stereocenters. The lowest BCUT2D eigenvalue weighted by molar-refractivity contribution is -0.0339. The molecular weight excluding hydrogens is 241 g/mol. The zero-order valence-corrected chi connectivity index (χ0v) is 10.5. The summed E-state index contributed by atoms with van der Waals surface area (Å²) in [6, 6.07) is 3.15. The topological polar surface area (TPSA) is 25.0 Å². The molecule has 90 valence electrons. The van der Waals surface area contributed by atoms with E-state index < -0.39 is 0 Å². The highest BCUT2D eigenvalue weighted by molar-refractivity contribution is 6.31. The van der Waals surface area contributed by atoms with Crippen LogP contribution in [0.15, 0.2) is 12.1 Å². The van der Waals surface area contributed by atoms with Gasteiger partial charge in [0.05, 0.1) is 17.3 Å². The Bertz CT molecular complexity index is 603. The molecule has 0 radical (unpaired) electrons. The van der Waals surface area contributed by atoms with E-state index in [2.05, 4.69) is 4.98 Å². The van der Waals surface area contributed by atoms with Crippen LogP contribution in [0.1, 0.15) is 25.1 Å². The molecule has 2 aromatic rings. The van der Waals surface area contributed by atoms with Gasteiger partial charge in [-0.25, -0.2) is 4.39 Å². The first-order valence-corrected chi connectivity index (χ1v) is 6.01. The van der Waals surface area contributed by atoms with E-state index in [9.17, 15) is 4.39 Å². The van der Waals surface area contributed by atoms with Crippen molar-refractivity contribution in [3.8, 4) is 0 Å². The average molecular weight is 254 g/mol. The van der Waals surface area contributed by atoms with Gasteiger partial charge in [0.25, 0.3) is 0 Å². The van der Waals surface area contributed by atoms with Crippen LogP contribution in [0.4, 0.5) is 4.39 Å². The van der Waals surface area contributed by atoms with Crippen molar-refractivity contribution in [2.24, 2.45) is 0 Å². The van der Waals surface area contributed by atoms with Crippen molar-refractivity contribution in [1.82, 2.24) is 4.98 Å². The summed E-state index contributed by atoms with van der Waals surface area (Å²) >= 11 is 5.80. The van der Waals surface area contributed by atoms with Crippen molar-refractivity contribution in [1.29, 1.82) is 0 Å². The van der Waals surface area contributed by atoms with Gasteiger partial charge in [-0.05, 0) is 38.0 Å². The maximum atomic E-state index is 13.5. The van der Waals surface area contributed by atoms with Crippen molar-refractivity contribution in [3.05, 3.63) is 34.2 Å². The van der Waals surface area contributed by atoms with Gasteiger partial charge in [-0.15, -0.1) is 0 Å². The Kier molecular flexibility index (Phi) is 2.25. The minimum Gasteiger partial charge on any atom is -0.369 e. The van der Waals surface area contributed by atoms with Crippen LogP contribution in [0.2, 0.25) is 5.02 Å². The monoisotopic (exact) mass is 253 g/mol. The number of ether oxygens (including phenoxy) is 1. The van der Waals surface area contributed by atoms with Crippen molar-refractivity contribution >= 4 is 22.5 Å². The third-order valence-corrected chi connectivity index (χ3v) is 3.65. The fourth-order valence-corrected chi connectivity index (χ4v) is 2.66. The SMILES string of the molecule is CC1(C)OCCc2c1[nH]c1cc(Cl)c(F)cc21. The fraction of sp³-hybridized carbons (Fsp3) is 0.385. The highest BCUT2D eigenvalue weighted by Crippen LogP contribution is 2.37. The summed E-state index contributed by atoms with van der Waals surface area (Å²) in [5, 5.41) is 1.06. The quantitative estimate of drug-likeness (QED) is 0.760. The Balaban J connectivity index is 2.34. The largest absolute Gasteiger partial charge is 0.369 e. The standard InChI is InChI=1S/C13H13ClFNO/c1-13(2)12-7(3-4-17-13)8-5-10(15)9(14)6-11(8)16-12/h5-6,16H,3-4H2,1-2H3. The molecule has 4 heteroatoms. The Morgan fingerprint density at radius 3 is 2.94 bits per heavy atom. The molecule has 1 aliphatic heterocycles. The minimum absolute atomic E-state index is 0.148. The number of fused-ring (bicyclic) bond motifs is 3. The predicted molar refractivity (Wildman–Crippen MR) is 65.9 cm³/mol. The molecule has 1 aromatic heterocycles. The molecule has 0 aliphatic carbocycles. The second-order valence-electron chi connectivity index (χ2n) is 4.90. The Hall–Kier alpha value is -1.06. The number of aromatic nitrogens is 1. The number of aromatic amines is 1. The predicted octanol–water partition coefficient (Wildman–Crippen LogP) is 3.77. The molecule has 2 nitrogen and oxygen atoms in total. The molecule has 1 aromatic carbocycles. The lowest BCUT2D eigenvalue weighted by atomic mass is 9.95. The second kappa shape index (κ2) is 3.47. The van der Waals surface area contributed by atoms with Gasteiger partial charge >= 0.3 is 0 Å². The van der Waals surface area contributed by atoms with Gasteiger partial charge in [0.1, 0.15) is 11.4 Å². The number of halogens is 2. The summed E-state index contributed by atoms with van der Waals surface area (Å²) in [5.41, 5.74) is 2.70. The van der Waals surface area contributed by atoms with E-state index in [1.54, 1.807) is 6.07 Å². The first-order chi connectivity index (χ1) is 7.99. The lowest BCUT2D eigenvalue weighted by Crippen LogP contribution is -2.29. The number of hydrogen-bond donors (Lipinski definition) is 1. The molecule has 1 aliphatic rings. The highest BCUT2D eigenvalue weighted by atomic mass is 35.5. The number of nitrogens with one attached hydrogen (secondary N) is 1. The number of H-pyrrole nitrogens is 1. The van der Waals surface area contributed by atoms with Crippen molar-refractivity contribution < 1.29 is 9.13 Å². The van der Waals surface area contributed by atoms with E-state index >= 15 is 0 Å². The van der Waals surface area contributed by atoms with E-state index in [0.29, 0.717) is 6.61 Å². The van der Waals surface area contributed by atoms with E-state index in [0.717, 1.165) is 28.6 Å². The normalized spacial score (nSPS) is 18.4. The van der Waals surface area contributed by atoms with Crippen LogP contribution >= 0.6 is 11.6 Å². The summed E-state index contributed by atoms with van der Waals surface area (Å²) < 4.78 is 19.2. The maximum Gasteiger partial charge on any atom is 0.142 e. The smallest absolute Gasteiger partial charge is 0.142 e. The van der Waals surface area contributed by atoms with Crippen LogP contribution < -0.4 is 0 Å². The van der Waals surface area contributed by atoms with Crippen LogP contribution in [0.25, 0.3) is 10.9 Å². The molecule has 0 spiro atoms. The molecule has 0 saturated heterocycles. The lowest BCUT2D eigenvalue weighted by Gasteiger charge is -2.30. The van der Waals surface area contributed by atoms with Crippen molar-refractivity contribution in [3.63, 3.8) is 0 Å². The van der Waals surface area contributed by atoms with E-state index in [1.807, 2.05) is 13.8 Å². The number of rotatable bonds is 0. The van der Waals surface area contributed by atoms with Gasteiger partial charge in [0.15, 0.2) is 0 Å². The molecule has 0 atom stereocenters. The van der Waals surface area contributed by atoms with Crippen LogP contribution in [0.3, 0.4) is 0 Å². The highest BCUT2D eigenvalue weighted by Gasteiger charge is 2.31. The van der Waals surface area contributed by atoms with Crippen LogP contribution in [-0.4, -0.2) is 11.6 Å². The van der Waals surface area contributed by atoms with E-state index in [4.69, 9.17) is 16.3 Å². The van der Waals surface area contributed by atoms with Crippen molar-refractivity contribution in [2.75, 3.05) is 6.61 Å². The molecular formula is C13H13ClFNO. The minimum atomic E-state index is -0.370. The van der Waals surface area contributed by atoms with Crippen LogP contribution in [0.5, 0.6) is 0 Å². The average Bonchev–Trinajstić information content (AvgIpc) is 2.59. The molecule has 17 heavy (non-hydrogen) atoms. The first kappa shape index (κ1) is 11.1. The van der Waals surface area contributed by atoms with Gasteiger partial charge in [-0.2, -0.15) is 0 Å². The maximum absolute atomic E-state index is 13.5. The Morgan fingerprint density at radius 1 is 1.41 bits per heavy atom. The molecule has 0 saturated carbocycles. The molecule has 3 rings (SSSR count). The first-order valence-electron chi connectivity index (χ1n) is 5.63. The summed E-state index contributed by atoms with van der Waals surface area (Å²) in [6.45, 7) is 4.69. The second-order valence-corrected chi connectivity index (χ2v) is 5.31. The summed E-state index contributed by atoms with van der Waals surface area (Å²) in [5.74, 6) is -0.370. The summed E-state index contributed by atoms with van der Waals surface area (Å²) in [7, 11) is 0. The third-order valence-electron chi connectivity index (χ3n) is 3.36. The molecule has 2 heterocycles. The van der Waals surface area contributed by atoms with Gasteiger partial charge in [-0.3, -0.25) is 0 Å². The summed E-state index contributed by atoms with van der Waals surface area (Å²) in [4.78, 5) is 3.30. The molecule has 0 bridgehead atoms. The molecule has 0 fully saturated rings. The van der Waals surface area contributed by atoms with Gasteiger partial charge in [0.2, 0.25) is 0 Å². The number of hydrogen-bond acceptors (Lipinski definition) is 1. The van der Waals surface area contributed by atoms with E-state index in [-0.39, 0.29) is 16.4 Å². The van der Waals surface area contributed by atoms with Crippen LogP contribution in [0, 0.1) is 5.82 Å². The fourth-order valence-electron chi connectivity index (χ4n) is 2.50. The van der Waals surface area contributed by atoms with Gasteiger partial charge < -0.3 is 9.72 Å². The van der Waals surface area contributed by atoms with E-state index in [1.165, 1.54) is 6.07 Å². The zero-order chi connectivity index (χ0) is 12.2. The number of benzene rings is 1. The Labute approximate surface area is 104 Å². The summed E-state index contributed by atoms with van der Waals surface area (Å²) in [6.07, 6.45) is 0.805. The Morgan fingerprint density at radius 2 is 2.18 bits per heavy atom. The van der Waals surface area contributed by atoms with Gasteiger partial charge in [-0.1, -0.05) is 11.6 Å². The third kappa shape index (κ3) is 1.57. The molecule has 1 N–H and O–H groups in total. The van der Waals surface area contributed by atoms with Crippen LogP contribution in [-0.2, 0) is 16.8 Å². The van der Waals surface area contributed by atoms with Crippen molar-refractivity contribution in [2.45, 2.75) is 25.9 Å². The van der Waals surface area contributed by atoms with Gasteiger partial charge in [0, 0.05) is 10.9 Å². The zero-order valence-electron chi connectivity index (χ0n) is 9.73.